The van der Waals surface area contributed by atoms with Crippen molar-refractivity contribution in [3.8, 4) is 5.75 Å². The number of hydrogen-bond donors (Lipinski definition) is 12. The lowest BCUT2D eigenvalue weighted by molar-refractivity contribution is -0.137. The molecule has 111 heavy (non-hydrogen) atoms. The van der Waals surface area contributed by atoms with Gasteiger partial charge < -0.3 is 61.3 Å². The van der Waals surface area contributed by atoms with E-state index in [2.05, 4.69) is 19.9 Å². The van der Waals surface area contributed by atoms with Crippen LogP contribution >= 0.6 is 0 Å². The molecule has 616 valence electrons. The number of nitrogens with zero attached hydrogens (tertiary/aromatic N) is 4. The molecule has 3 heterocycles. The lowest BCUT2D eigenvalue weighted by Gasteiger charge is -2.19. The van der Waals surface area contributed by atoms with E-state index in [1.54, 1.807) is 58.0 Å². The summed E-state index contributed by atoms with van der Waals surface area (Å²) in [6.07, 6.45) is 9.65. The summed E-state index contributed by atoms with van der Waals surface area (Å²) in [5.74, 6) is -5.87. The number of ketones is 8. The number of phenols is 1. The second kappa shape index (κ2) is 60.7. The Labute approximate surface area is 639 Å². The molecule has 0 radical (unpaired) electrons. The molecule has 1 saturated carbocycles. The summed E-state index contributed by atoms with van der Waals surface area (Å²) in [7, 11) is 0. The maximum absolute atomic E-state index is 12.0. The van der Waals surface area contributed by atoms with Crippen LogP contribution in [0.2, 0.25) is 0 Å². The first-order valence-electron chi connectivity index (χ1n) is 32.7. The first kappa shape index (κ1) is 112. The number of aromatic nitrogens is 4. The van der Waals surface area contributed by atoms with E-state index in [1.807, 2.05) is 41.5 Å². The van der Waals surface area contributed by atoms with Gasteiger partial charge in [-0.05, 0) is 118 Å². The summed E-state index contributed by atoms with van der Waals surface area (Å²) >= 11 is 0. The SMILES string of the molecule is CC(=O)/C(C)=C(/C)O.CC(=O)/C=C(/C)O.CC(=O)/C=C(/C)O.CC(=O)C=C(O)C(F)(F)F.CC(C)(C)C(=O)/C=C(\O)C(C)(C)C.CC/C(O)=C/C(C)=O.CCC(=O)/C=C(\O)CC.O=C(O)c1cc(C(F)(F)F)ccn1.O=C(O)c1ccccn1.O=C(O)c1cnccn1.O=C1CCCC/C1=C/O.O=Cc1ccccc1O. The number of aromatic carboxylic acids is 3. The maximum atomic E-state index is 12.0. The number of alkyl halides is 6. The third-order valence-electron chi connectivity index (χ3n) is 11.7. The van der Waals surface area contributed by atoms with Crippen molar-refractivity contribution in [3.63, 3.8) is 0 Å². The second-order valence-corrected chi connectivity index (χ2v) is 24.1. The highest BCUT2D eigenvalue weighted by Gasteiger charge is 2.34. The van der Waals surface area contributed by atoms with Gasteiger partial charge in [0.05, 0.1) is 52.4 Å². The van der Waals surface area contributed by atoms with Gasteiger partial charge in [0.25, 0.3) is 0 Å². The largest absolute Gasteiger partial charge is 0.515 e. The Bertz CT molecular complexity index is 3770. The lowest BCUT2D eigenvalue weighted by atomic mass is 9.87. The van der Waals surface area contributed by atoms with E-state index >= 15 is 0 Å². The molecule has 1 aliphatic rings. The van der Waals surface area contributed by atoms with Crippen LogP contribution < -0.4 is 0 Å². The van der Waals surface area contributed by atoms with Crippen LogP contribution in [0.15, 0.2) is 180 Å². The molecule has 34 heteroatoms. The van der Waals surface area contributed by atoms with Gasteiger partial charge in [-0.15, -0.1) is 0 Å². The van der Waals surface area contributed by atoms with Crippen LogP contribution in [0.3, 0.4) is 0 Å². The van der Waals surface area contributed by atoms with Gasteiger partial charge in [-0.3, -0.25) is 48.1 Å². The van der Waals surface area contributed by atoms with Crippen LogP contribution in [0.4, 0.5) is 26.3 Å². The van der Waals surface area contributed by atoms with Crippen molar-refractivity contribution < 1.29 is 145 Å². The fraction of sp³-hybridized carbons (Fsp3) is 0.377. The number of Topliss-reactive ketones (excluding diaryl/α,β-unsaturated/α-hetero) is 2. The van der Waals surface area contributed by atoms with Crippen LogP contribution in [0.5, 0.6) is 5.75 Å². The monoisotopic (exact) mass is 1580 g/mol. The molecule has 0 aliphatic heterocycles. The van der Waals surface area contributed by atoms with E-state index < -0.39 is 58.5 Å². The summed E-state index contributed by atoms with van der Waals surface area (Å²) in [5, 5.41) is 103. The van der Waals surface area contributed by atoms with E-state index in [1.165, 1.54) is 116 Å². The van der Waals surface area contributed by atoms with Gasteiger partial charge in [0.1, 0.15) is 22.9 Å². The number of pyridine rings is 2. The number of rotatable bonds is 14. The van der Waals surface area contributed by atoms with E-state index in [9.17, 15) is 89.0 Å². The van der Waals surface area contributed by atoms with Crippen LogP contribution in [0.25, 0.3) is 0 Å². The Kier molecular flexibility index (Phi) is 61.3. The number of aldehydes is 1. The number of carboxylic acids is 3. The Morgan fingerprint density at radius 2 is 0.928 bits per heavy atom. The van der Waals surface area contributed by atoms with Crippen molar-refractivity contribution in [2.24, 2.45) is 10.8 Å². The zero-order valence-electron chi connectivity index (χ0n) is 65.0. The first-order chi connectivity index (χ1) is 50.8. The Balaban J connectivity index is -0.000000214. The van der Waals surface area contributed by atoms with Crippen LogP contribution in [-0.4, -0.2) is 158 Å². The Morgan fingerprint density at radius 3 is 1.18 bits per heavy atom. The number of halogens is 6. The molecule has 1 aromatic carbocycles. The smallest absolute Gasteiger partial charge is 0.448 e. The van der Waals surface area contributed by atoms with Crippen molar-refractivity contribution in [3.05, 3.63) is 208 Å². The normalized spacial score (nSPS) is 12.5. The summed E-state index contributed by atoms with van der Waals surface area (Å²) in [4.78, 5) is 138. The van der Waals surface area contributed by atoms with Crippen molar-refractivity contribution in [2.75, 3.05) is 0 Å². The van der Waals surface area contributed by atoms with Gasteiger partial charge in [0.2, 0.25) is 5.76 Å². The molecule has 0 saturated heterocycles. The van der Waals surface area contributed by atoms with Gasteiger partial charge >= 0.3 is 30.3 Å². The summed E-state index contributed by atoms with van der Waals surface area (Å²) in [6, 6.07) is 12.4. The summed E-state index contributed by atoms with van der Waals surface area (Å²) in [6.45, 7) is 29.0. The quantitative estimate of drug-likeness (QED) is 0.0241. The number of aromatic hydroxyl groups is 1. The number of para-hydroxylation sites is 1. The minimum Gasteiger partial charge on any atom is -0.515 e. The van der Waals surface area contributed by atoms with E-state index in [4.69, 9.17) is 56.2 Å². The predicted molar refractivity (Wildman–Crippen MR) is 400 cm³/mol. The minimum atomic E-state index is -4.81. The highest BCUT2D eigenvalue weighted by molar-refractivity contribution is 5.96. The molecule has 28 nitrogen and oxygen atoms in total. The maximum Gasteiger partial charge on any atom is 0.448 e. The zero-order valence-corrected chi connectivity index (χ0v) is 65.0. The number of carbonyl (C=O) groups excluding carboxylic acids is 9. The molecule has 4 aromatic rings. The second-order valence-electron chi connectivity index (χ2n) is 24.1. The number of phenolic OH excluding ortho intramolecular Hbond substituents is 1. The predicted octanol–water partition coefficient (Wildman–Crippen LogP) is 16.9. The topological polar surface area (TPSA) is 499 Å². The number of allylic oxidation sites excluding steroid dienone is 15. The molecule has 0 bridgehead atoms. The van der Waals surface area contributed by atoms with Gasteiger partial charge in [0, 0.05) is 109 Å². The number of carboxylic acid groups (broad SMARTS) is 3. The van der Waals surface area contributed by atoms with Gasteiger partial charge in [0.15, 0.2) is 58.2 Å². The number of benzene rings is 1. The van der Waals surface area contributed by atoms with Crippen molar-refractivity contribution in [2.45, 2.75) is 182 Å². The molecular weight excluding hydrogens is 1480 g/mol. The summed E-state index contributed by atoms with van der Waals surface area (Å²) in [5.41, 5.74) is -0.978. The van der Waals surface area contributed by atoms with Gasteiger partial charge in [-0.2, -0.15) is 26.3 Å². The Morgan fingerprint density at radius 1 is 0.486 bits per heavy atom. The molecule has 3 aromatic heterocycles. The lowest BCUT2D eigenvalue weighted by Crippen LogP contribution is -2.20. The molecule has 0 amide bonds. The van der Waals surface area contributed by atoms with Gasteiger partial charge in [-0.25, -0.2) is 29.3 Å². The van der Waals surface area contributed by atoms with Crippen molar-refractivity contribution >= 4 is 70.5 Å². The Hall–Kier alpha value is -12.3. The molecule has 12 N–H and O–H groups in total. The average molecular weight is 1580 g/mol. The fourth-order valence-corrected chi connectivity index (χ4v) is 5.65. The van der Waals surface area contributed by atoms with E-state index in [-0.39, 0.29) is 104 Å². The number of aliphatic hydroxyl groups is 8. The number of hydrogen-bond acceptors (Lipinski definition) is 25. The zero-order chi connectivity index (χ0) is 88.3. The minimum absolute atomic E-state index is 0.0191. The molecule has 5 rings (SSSR count). The first-order valence-corrected chi connectivity index (χ1v) is 32.7. The third-order valence-corrected chi connectivity index (χ3v) is 11.7. The average Bonchev–Trinajstić information content (AvgIpc) is 0.848. The standard InChI is InChI=1S/C11H20O2.C7H4F3NO2.C7H10O2.C7H6O2.C7H12O2.C6H5NO2.2C6H10O2.C5H5F3O2.C5H4N2O2.2C5H8O2/c1-10(2,3)8(12)7-9(13)11(4,5)6;8-7(9,10)4-1-2-11-5(3-4)6(12)13;2*8-5-6-3-1-2-4-7(6)9;1-3-6(8)5-7(9)4-2;8-6(9)5-3-1-2-4-7-5;1-4(5(2)7)6(3)8;1-3-6(8)4-5(2)7;1-3(9)2-4(10)5(6,7)8;8-5(9)4-3-6-1-2-7-4;2*1-4(6)3-5(2)7/h7,12H,1-6H3;1-3H,(H,12,13);5,8H,1-4H2;1-5,9H;5,8H,3-4H2,1-2H3;1-4H,(H,8,9);7H,1-3H3;4,8H,3H2,1-2H3;2,10H,1H3;1-3H,(H,8,9);2*3,6H,1-2H3/b8-7-;;6-5-;;6-5-;;5-4-;6-4-;;;2*4-3-. The van der Waals surface area contributed by atoms with E-state index in [0.29, 0.717) is 60.8 Å². The molecule has 1 fully saturated rings. The van der Waals surface area contributed by atoms with Crippen molar-refractivity contribution in [1.29, 1.82) is 0 Å². The fourth-order valence-electron chi connectivity index (χ4n) is 5.65. The number of aliphatic hydroxyl groups excluding tert-OH is 8. The van der Waals surface area contributed by atoms with Gasteiger partial charge in [-0.1, -0.05) is 80.5 Å². The summed E-state index contributed by atoms with van der Waals surface area (Å²) < 4.78 is 70.0. The highest BCUT2D eigenvalue weighted by Crippen LogP contribution is 2.29. The molecule has 0 spiro atoms. The molecular formula is C77H102F6N4O24. The van der Waals surface area contributed by atoms with Crippen molar-refractivity contribution in [1.82, 2.24) is 19.9 Å². The molecule has 1 aliphatic carbocycles. The molecule has 0 atom stereocenters. The van der Waals surface area contributed by atoms with Crippen LogP contribution in [0, 0.1) is 10.8 Å². The number of carbonyl (C=O) groups is 12. The van der Waals surface area contributed by atoms with E-state index in [0.717, 1.165) is 38.6 Å². The molecule has 0 unspecified atom stereocenters. The van der Waals surface area contributed by atoms with Crippen LogP contribution in [0.1, 0.15) is 217 Å². The van der Waals surface area contributed by atoms with Crippen LogP contribution in [-0.2, 0) is 44.5 Å². The highest BCUT2D eigenvalue weighted by atomic mass is 19.4. The third kappa shape index (κ3) is 69.3.